The number of anilines is 3. The second-order valence-electron chi connectivity index (χ2n) is 6.83. The molecular formula is C19H28N6. The van der Waals surface area contributed by atoms with Crippen LogP contribution in [0, 0.1) is 0 Å². The number of hydrogen-bond donors (Lipinski definition) is 2. The first-order chi connectivity index (χ1) is 12.1. The van der Waals surface area contributed by atoms with E-state index in [2.05, 4.69) is 69.4 Å². The minimum Gasteiger partial charge on any atom is -0.368 e. The van der Waals surface area contributed by atoms with Crippen LogP contribution < -0.4 is 16.0 Å². The summed E-state index contributed by atoms with van der Waals surface area (Å²) in [4.78, 5) is 13.4. The van der Waals surface area contributed by atoms with Crippen LogP contribution in [-0.4, -0.2) is 54.1 Å². The Morgan fingerprint density at radius 2 is 1.84 bits per heavy atom. The van der Waals surface area contributed by atoms with Crippen molar-refractivity contribution in [3.63, 3.8) is 0 Å². The molecule has 6 nitrogen and oxygen atoms in total. The van der Waals surface area contributed by atoms with Crippen molar-refractivity contribution in [2.45, 2.75) is 25.8 Å². The van der Waals surface area contributed by atoms with Crippen LogP contribution in [0.4, 0.5) is 17.6 Å². The van der Waals surface area contributed by atoms with Crippen molar-refractivity contribution in [3.05, 3.63) is 42.0 Å². The maximum absolute atomic E-state index is 5.93. The van der Waals surface area contributed by atoms with Crippen molar-refractivity contribution in [1.29, 1.82) is 0 Å². The lowest BCUT2D eigenvalue weighted by molar-refractivity contribution is 0.312. The molecule has 3 rings (SSSR count). The Balaban J connectivity index is 1.60. The standard InChI is InChI=1S/C19H28N6/c1-15(8-9-16-6-4-3-5-7-16)21-17-14-18(23-19(20)22-17)25-12-10-24(2)11-13-25/h3-7,14-15H,8-13H2,1-2H3,(H3,20,21,22,23)/t15-/m0/s1. The van der Waals surface area contributed by atoms with Gasteiger partial charge in [-0.1, -0.05) is 30.3 Å². The summed E-state index contributed by atoms with van der Waals surface area (Å²) in [5, 5.41) is 3.47. The molecule has 1 fully saturated rings. The number of aromatic nitrogens is 2. The van der Waals surface area contributed by atoms with Crippen LogP contribution in [0.3, 0.4) is 0 Å². The van der Waals surface area contributed by atoms with E-state index in [4.69, 9.17) is 5.73 Å². The number of benzene rings is 1. The van der Waals surface area contributed by atoms with Crippen molar-refractivity contribution in [1.82, 2.24) is 14.9 Å². The predicted molar refractivity (Wildman–Crippen MR) is 104 cm³/mol. The van der Waals surface area contributed by atoms with Crippen LogP contribution in [0.5, 0.6) is 0 Å². The molecule has 3 N–H and O–H groups in total. The molecule has 0 spiro atoms. The average Bonchev–Trinajstić information content (AvgIpc) is 2.61. The van der Waals surface area contributed by atoms with Crippen molar-refractivity contribution in [3.8, 4) is 0 Å². The summed E-state index contributed by atoms with van der Waals surface area (Å²) in [6.45, 7) is 6.20. The quantitative estimate of drug-likeness (QED) is 0.840. The summed E-state index contributed by atoms with van der Waals surface area (Å²) in [6.07, 6.45) is 2.08. The van der Waals surface area contributed by atoms with Gasteiger partial charge in [-0.25, -0.2) is 0 Å². The van der Waals surface area contributed by atoms with E-state index in [1.807, 2.05) is 6.07 Å². The van der Waals surface area contributed by atoms with E-state index in [1.165, 1.54) is 5.56 Å². The number of rotatable bonds is 6. The van der Waals surface area contributed by atoms with Gasteiger partial charge in [-0.05, 0) is 32.4 Å². The third-order valence-corrected chi connectivity index (χ3v) is 4.66. The normalized spacial score (nSPS) is 16.6. The Morgan fingerprint density at radius 1 is 1.12 bits per heavy atom. The Labute approximate surface area is 150 Å². The topological polar surface area (TPSA) is 70.3 Å². The van der Waals surface area contributed by atoms with Crippen LogP contribution >= 0.6 is 0 Å². The highest BCUT2D eigenvalue weighted by Crippen LogP contribution is 2.19. The molecule has 1 aromatic heterocycles. The molecule has 134 valence electrons. The monoisotopic (exact) mass is 340 g/mol. The van der Waals surface area contributed by atoms with E-state index in [9.17, 15) is 0 Å². The molecule has 1 aliphatic rings. The number of piperazine rings is 1. The predicted octanol–water partition coefficient (Wildman–Crippen LogP) is 2.24. The van der Waals surface area contributed by atoms with E-state index in [0.717, 1.165) is 50.7 Å². The lowest BCUT2D eigenvalue weighted by atomic mass is 10.1. The third-order valence-electron chi connectivity index (χ3n) is 4.66. The molecule has 0 unspecified atom stereocenters. The van der Waals surface area contributed by atoms with Gasteiger partial charge in [0.15, 0.2) is 0 Å². The van der Waals surface area contributed by atoms with Crippen LogP contribution in [0.1, 0.15) is 18.9 Å². The maximum atomic E-state index is 5.93. The second-order valence-corrected chi connectivity index (χ2v) is 6.83. The van der Waals surface area contributed by atoms with Crippen molar-refractivity contribution >= 4 is 17.6 Å². The molecule has 1 saturated heterocycles. The van der Waals surface area contributed by atoms with Gasteiger partial charge in [0.25, 0.3) is 0 Å². The largest absolute Gasteiger partial charge is 0.368 e. The van der Waals surface area contributed by atoms with Crippen molar-refractivity contribution in [2.24, 2.45) is 0 Å². The lowest BCUT2D eigenvalue weighted by Gasteiger charge is -2.33. The molecule has 25 heavy (non-hydrogen) atoms. The summed E-state index contributed by atoms with van der Waals surface area (Å²) in [7, 11) is 2.15. The molecule has 2 aromatic rings. The summed E-state index contributed by atoms with van der Waals surface area (Å²) < 4.78 is 0. The summed E-state index contributed by atoms with van der Waals surface area (Å²) >= 11 is 0. The van der Waals surface area contributed by atoms with Gasteiger partial charge in [0.05, 0.1) is 0 Å². The van der Waals surface area contributed by atoms with E-state index in [0.29, 0.717) is 12.0 Å². The number of nitrogens with two attached hydrogens (primary N) is 1. The Hall–Kier alpha value is -2.34. The first-order valence-electron chi connectivity index (χ1n) is 8.98. The molecule has 6 heteroatoms. The number of aryl methyl sites for hydroxylation is 1. The van der Waals surface area contributed by atoms with E-state index in [-0.39, 0.29) is 0 Å². The maximum Gasteiger partial charge on any atom is 0.223 e. The minimum atomic E-state index is 0.315. The molecule has 1 atom stereocenters. The smallest absolute Gasteiger partial charge is 0.223 e. The fourth-order valence-electron chi connectivity index (χ4n) is 3.08. The van der Waals surface area contributed by atoms with Gasteiger partial charge in [-0.15, -0.1) is 0 Å². The zero-order valence-electron chi connectivity index (χ0n) is 15.2. The van der Waals surface area contributed by atoms with Gasteiger partial charge in [0, 0.05) is 38.3 Å². The van der Waals surface area contributed by atoms with E-state index >= 15 is 0 Å². The van der Waals surface area contributed by atoms with E-state index in [1.54, 1.807) is 0 Å². The molecule has 2 heterocycles. The zero-order chi connectivity index (χ0) is 17.6. The highest BCUT2D eigenvalue weighted by molar-refractivity contribution is 5.53. The molecule has 0 saturated carbocycles. The number of nitrogen functional groups attached to an aromatic ring is 1. The van der Waals surface area contributed by atoms with Gasteiger partial charge < -0.3 is 20.9 Å². The van der Waals surface area contributed by atoms with Crippen LogP contribution in [0.15, 0.2) is 36.4 Å². The highest BCUT2D eigenvalue weighted by Gasteiger charge is 2.17. The summed E-state index contributed by atoms with van der Waals surface area (Å²) in [5.74, 6) is 2.05. The first-order valence-corrected chi connectivity index (χ1v) is 8.98. The number of nitrogens with zero attached hydrogens (tertiary/aromatic N) is 4. The molecule has 0 bridgehead atoms. The zero-order valence-corrected chi connectivity index (χ0v) is 15.2. The molecule has 0 radical (unpaired) electrons. The SMILES string of the molecule is C[C@@H](CCc1ccccc1)Nc1cc(N2CCN(C)CC2)nc(N)n1. The molecular weight excluding hydrogens is 312 g/mol. The molecule has 0 amide bonds. The number of likely N-dealkylation sites (N-methyl/N-ethyl adjacent to an activating group) is 1. The van der Waals surface area contributed by atoms with Gasteiger partial charge in [0.1, 0.15) is 11.6 Å². The molecule has 0 aliphatic carbocycles. The summed E-state index contributed by atoms with van der Waals surface area (Å²) in [5.41, 5.74) is 7.29. The summed E-state index contributed by atoms with van der Waals surface area (Å²) in [6, 6.07) is 12.9. The molecule has 1 aliphatic heterocycles. The van der Waals surface area contributed by atoms with Crippen molar-refractivity contribution in [2.75, 3.05) is 49.2 Å². The number of hydrogen-bond acceptors (Lipinski definition) is 6. The van der Waals surface area contributed by atoms with Crippen LogP contribution in [0.2, 0.25) is 0 Å². The van der Waals surface area contributed by atoms with Crippen LogP contribution in [-0.2, 0) is 6.42 Å². The van der Waals surface area contributed by atoms with Crippen molar-refractivity contribution < 1.29 is 0 Å². The first kappa shape index (κ1) is 17.5. The van der Waals surface area contributed by atoms with Gasteiger partial charge in [-0.3, -0.25) is 0 Å². The number of nitrogens with one attached hydrogen (secondary N) is 1. The van der Waals surface area contributed by atoms with Gasteiger partial charge in [0.2, 0.25) is 5.95 Å². The lowest BCUT2D eigenvalue weighted by Crippen LogP contribution is -2.44. The fourth-order valence-corrected chi connectivity index (χ4v) is 3.08. The molecule has 1 aromatic carbocycles. The Bertz CT molecular complexity index is 667. The third kappa shape index (κ3) is 5.06. The Kier molecular flexibility index (Phi) is 5.71. The highest BCUT2D eigenvalue weighted by atomic mass is 15.3. The van der Waals surface area contributed by atoms with Crippen LogP contribution in [0.25, 0.3) is 0 Å². The Morgan fingerprint density at radius 3 is 2.56 bits per heavy atom. The average molecular weight is 340 g/mol. The minimum absolute atomic E-state index is 0.315. The van der Waals surface area contributed by atoms with Gasteiger partial charge in [-0.2, -0.15) is 9.97 Å². The van der Waals surface area contributed by atoms with Gasteiger partial charge >= 0.3 is 0 Å². The second kappa shape index (κ2) is 8.16. The fraction of sp³-hybridized carbons (Fsp3) is 0.474. The van der Waals surface area contributed by atoms with E-state index < -0.39 is 0 Å².